The smallest absolute Gasteiger partial charge is 0.323 e. The van der Waals surface area contributed by atoms with Gasteiger partial charge in [-0.05, 0) is 48.9 Å². The minimum atomic E-state index is -1.16. The maximum atomic E-state index is 13.4. The molecule has 1 aliphatic rings. The summed E-state index contributed by atoms with van der Waals surface area (Å²) in [6, 6.07) is 15.0. The standard InChI is InChI=1S/C31H31N3O8/c1-20-12-23(16-33-25(17-35)31(37)38)28(41-18-21-4-2-8-32-15-21)14-27(20)42-19-22-5-3-9-34(30(22)36)24-6-7-26-29(13-24)40-11-10-39-26/h2-9,12-15,25,33,35H,10-11,16-19H2,1H3,(H,37,38)/t25-/m1/s1. The zero-order chi connectivity index (χ0) is 29.5. The summed E-state index contributed by atoms with van der Waals surface area (Å²) in [5.74, 6) is 1.05. The van der Waals surface area contributed by atoms with E-state index in [9.17, 15) is 19.8 Å². The summed E-state index contributed by atoms with van der Waals surface area (Å²) < 4.78 is 25.0. The van der Waals surface area contributed by atoms with E-state index in [0.717, 1.165) is 11.1 Å². The van der Waals surface area contributed by atoms with Crippen LogP contribution in [0.3, 0.4) is 0 Å². The van der Waals surface area contributed by atoms with Crippen molar-refractivity contribution in [2.75, 3.05) is 19.8 Å². The number of nitrogens with one attached hydrogen (secondary N) is 1. The Bertz CT molecular complexity index is 1610. The first kappa shape index (κ1) is 28.7. The number of hydrogen-bond donors (Lipinski definition) is 3. The number of hydrogen-bond acceptors (Lipinski definition) is 9. The highest BCUT2D eigenvalue weighted by molar-refractivity contribution is 5.73. The molecule has 0 bridgehead atoms. The normalized spacial score (nSPS) is 12.9. The fourth-order valence-corrected chi connectivity index (χ4v) is 4.45. The van der Waals surface area contributed by atoms with E-state index in [1.165, 1.54) is 4.57 Å². The molecule has 11 nitrogen and oxygen atoms in total. The summed E-state index contributed by atoms with van der Waals surface area (Å²) in [7, 11) is 0. The number of nitrogens with zero attached hydrogens (tertiary/aromatic N) is 2. The van der Waals surface area contributed by atoms with Gasteiger partial charge in [-0.25, -0.2) is 0 Å². The minimum absolute atomic E-state index is 0.0102. The Morgan fingerprint density at radius 2 is 1.83 bits per heavy atom. The highest BCUT2D eigenvalue weighted by Gasteiger charge is 2.18. The van der Waals surface area contributed by atoms with Crippen molar-refractivity contribution < 1.29 is 34.0 Å². The van der Waals surface area contributed by atoms with Crippen molar-refractivity contribution in [1.82, 2.24) is 14.9 Å². The third-order valence-electron chi connectivity index (χ3n) is 6.71. The molecule has 0 aliphatic carbocycles. The van der Waals surface area contributed by atoms with Gasteiger partial charge < -0.3 is 29.2 Å². The maximum Gasteiger partial charge on any atom is 0.323 e. The third kappa shape index (κ3) is 6.70. The first-order valence-electron chi connectivity index (χ1n) is 13.4. The molecular formula is C31H31N3O8. The summed E-state index contributed by atoms with van der Waals surface area (Å²) >= 11 is 0. The lowest BCUT2D eigenvalue weighted by atomic mass is 10.1. The first-order valence-corrected chi connectivity index (χ1v) is 13.4. The Hall–Kier alpha value is -4.87. The number of aliphatic hydroxyl groups excluding tert-OH is 1. The molecule has 0 unspecified atom stereocenters. The molecule has 1 atom stereocenters. The summed E-state index contributed by atoms with van der Waals surface area (Å²) in [5, 5.41) is 21.5. The van der Waals surface area contributed by atoms with Crippen molar-refractivity contribution in [3.05, 3.63) is 106 Å². The van der Waals surface area contributed by atoms with Crippen LogP contribution >= 0.6 is 0 Å². The second-order valence-corrected chi connectivity index (χ2v) is 9.65. The quantitative estimate of drug-likeness (QED) is 0.232. The Kier molecular flexibility index (Phi) is 9.00. The Labute approximate surface area is 241 Å². The van der Waals surface area contributed by atoms with Crippen molar-refractivity contribution >= 4 is 5.97 Å². The van der Waals surface area contributed by atoms with E-state index in [1.54, 1.807) is 61.1 Å². The molecule has 0 saturated carbocycles. The molecule has 0 spiro atoms. The van der Waals surface area contributed by atoms with Crippen molar-refractivity contribution in [2.45, 2.75) is 32.7 Å². The van der Waals surface area contributed by atoms with Crippen LogP contribution in [0.15, 0.2) is 78.0 Å². The predicted octanol–water partition coefficient (Wildman–Crippen LogP) is 3.01. The largest absolute Gasteiger partial charge is 0.488 e. The number of aromatic nitrogens is 2. The summed E-state index contributed by atoms with van der Waals surface area (Å²) in [6.45, 7) is 2.60. The van der Waals surface area contributed by atoms with E-state index in [0.29, 0.717) is 53.0 Å². The van der Waals surface area contributed by atoms with E-state index < -0.39 is 18.6 Å². The maximum absolute atomic E-state index is 13.4. The molecule has 3 N–H and O–H groups in total. The van der Waals surface area contributed by atoms with Crippen molar-refractivity contribution in [2.24, 2.45) is 0 Å². The number of aryl methyl sites for hydroxylation is 1. The van der Waals surface area contributed by atoms with Gasteiger partial charge in [0, 0.05) is 48.4 Å². The van der Waals surface area contributed by atoms with Gasteiger partial charge in [0.25, 0.3) is 5.56 Å². The second-order valence-electron chi connectivity index (χ2n) is 9.65. The van der Waals surface area contributed by atoms with E-state index in [2.05, 4.69) is 10.3 Å². The topological polar surface area (TPSA) is 141 Å². The summed E-state index contributed by atoms with van der Waals surface area (Å²) in [4.78, 5) is 28.8. The minimum Gasteiger partial charge on any atom is -0.488 e. The number of benzene rings is 2. The van der Waals surface area contributed by atoms with Crippen LogP contribution in [0.2, 0.25) is 0 Å². The van der Waals surface area contributed by atoms with Gasteiger partial charge >= 0.3 is 5.97 Å². The number of aliphatic hydroxyl groups is 1. The zero-order valence-electron chi connectivity index (χ0n) is 23.0. The first-order chi connectivity index (χ1) is 20.4. The molecule has 2 aromatic heterocycles. The number of carboxylic acid groups (broad SMARTS) is 1. The van der Waals surface area contributed by atoms with E-state index in [4.69, 9.17) is 18.9 Å². The molecule has 2 aromatic carbocycles. The van der Waals surface area contributed by atoms with Crippen LogP contribution in [0, 0.1) is 6.92 Å². The number of pyridine rings is 2. The van der Waals surface area contributed by atoms with Crippen LogP contribution in [0.25, 0.3) is 5.69 Å². The number of carbonyl (C=O) groups is 1. The summed E-state index contributed by atoms with van der Waals surface area (Å²) in [6.07, 6.45) is 5.05. The van der Waals surface area contributed by atoms with Crippen LogP contribution < -0.4 is 29.8 Å². The van der Waals surface area contributed by atoms with Crippen LogP contribution in [0.4, 0.5) is 0 Å². The molecule has 218 valence electrons. The number of carboxylic acids is 1. The highest BCUT2D eigenvalue weighted by Crippen LogP contribution is 2.32. The average Bonchev–Trinajstić information content (AvgIpc) is 3.01. The molecule has 5 rings (SSSR count). The molecular weight excluding hydrogens is 542 g/mol. The van der Waals surface area contributed by atoms with Crippen molar-refractivity contribution in [1.29, 1.82) is 0 Å². The van der Waals surface area contributed by atoms with Crippen molar-refractivity contribution in [3.63, 3.8) is 0 Å². The Balaban J connectivity index is 1.37. The molecule has 11 heteroatoms. The summed E-state index contributed by atoms with van der Waals surface area (Å²) in [5.41, 5.74) is 3.16. The molecule has 0 radical (unpaired) electrons. The molecule has 0 amide bonds. The fourth-order valence-electron chi connectivity index (χ4n) is 4.45. The third-order valence-corrected chi connectivity index (χ3v) is 6.71. The van der Waals surface area contributed by atoms with E-state index in [-0.39, 0.29) is 25.3 Å². The van der Waals surface area contributed by atoms with Crippen LogP contribution in [-0.4, -0.2) is 51.6 Å². The molecule has 0 fully saturated rings. The molecule has 4 aromatic rings. The van der Waals surface area contributed by atoms with Gasteiger partial charge in [-0.3, -0.25) is 24.5 Å². The van der Waals surface area contributed by atoms with Gasteiger partial charge in [-0.15, -0.1) is 0 Å². The van der Waals surface area contributed by atoms with Gasteiger partial charge in [0.05, 0.1) is 17.9 Å². The lowest BCUT2D eigenvalue weighted by Crippen LogP contribution is -2.39. The molecule has 0 saturated heterocycles. The van der Waals surface area contributed by atoms with Crippen LogP contribution in [0.5, 0.6) is 23.0 Å². The fraction of sp³-hybridized carbons (Fsp3) is 0.258. The van der Waals surface area contributed by atoms with Gasteiger partial charge in [-0.1, -0.05) is 6.07 Å². The lowest BCUT2D eigenvalue weighted by Gasteiger charge is -2.19. The Morgan fingerprint density at radius 3 is 2.60 bits per heavy atom. The van der Waals surface area contributed by atoms with Gasteiger partial charge in [0.15, 0.2) is 11.5 Å². The number of ether oxygens (including phenoxy) is 4. The van der Waals surface area contributed by atoms with Gasteiger partial charge in [-0.2, -0.15) is 0 Å². The number of fused-ring (bicyclic) bond motifs is 1. The van der Waals surface area contributed by atoms with Gasteiger partial charge in [0.1, 0.15) is 44.0 Å². The molecule has 42 heavy (non-hydrogen) atoms. The molecule has 1 aliphatic heterocycles. The highest BCUT2D eigenvalue weighted by atomic mass is 16.6. The molecule has 3 heterocycles. The number of aliphatic carboxylic acids is 1. The second kappa shape index (κ2) is 13.2. The van der Waals surface area contributed by atoms with Crippen LogP contribution in [0.1, 0.15) is 22.3 Å². The van der Waals surface area contributed by atoms with E-state index >= 15 is 0 Å². The Morgan fingerprint density at radius 1 is 1.02 bits per heavy atom. The monoisotopic (exact) mass is 573 g/mol. The SMILES string of the molecule is Cc1cc(CN[C@H](CO)C(=O)O)c(OCc2cccnc2)cc1OCc1cccn(-c2ccc3c(c2)OCCO3)c1=O. The predicted molar refractivity (Wildman–Crippen MR) is 152 cm³/mol. The van der Waals surface area contributed by atoms with Gasteiger partial charge in [0.2, 0.25) is 0 Å². The number of rotatable bonds is 12. The van der Waals surface area contributed by atoms with Crippen molar-refractivity contribution in [3.8, 4) is 28.7 Å². The van der Waals surface area contributed by atoms with E-state index in [1.807, 2.05) is 19.1 Å². The lowest BCUT2D eigenvalue weighted by molar-refractivity contribution is -0.140. The zero-order valence-corrected chi connectivity index (χ0v) is 23.0. The van der Waals surface area contributed by atoms with Crippen LogP contribution in [-0.2, 0) is 24.6 Å². The average molecular weight is 574 g/mol.